The number of ether oxygens (including phenoxy) is 3. The molecule has 0 aliphatic rings. The standard InChI is InChI=1S/C14H26N4O5/c1-14(2,3)23-13(19)17(4)22-9-8-21-7-6-18-10-11(15)12(16-18)20-5/h10H,6-9,15H2,1-5H3. The minimum Gasteiger partial charge on any atom is -0.478 e. The molecular weight excluding hydrogens is 304 g/mol. The Morgan fingerprint density at radius 3 is 2.61 bits per heavy atom. The predicted octanol–water partition coefficient (Wildman–Crippen LogP) is 1.29. The molecule has 0 aromatic carbocycles. The lowest BCUT2D eigenvalue weighted by atomic mass is 10.2. The highest BCUT2D eigenvalue weighted by atomic mass is 16.7. The summed E-state index contributed by atoms with van der Waals surface area (Å²) in [5.41, 5.74) is 5.61. The first-order chi connectivity index (χ1) is 10.7. The van der Waals surface area contributed by atoms with E-state index in [0.717, 1.165) is 5.06 Å². The molecule has 0 bridgehead atoms. The van der Waals surface area contributed by atoms with Crippen LogP contribution < -0.4 is 10.5 Å². The first-order valence-corrected chi connectivity index (χ1v) is 7.27. The second kappa shape index (κ2) is 8.59. The Morgan fingerprint density at radius 2 is 2.04 bits per heavy atom. The van der Waals surface area contributed by atoms with E-state index < -0.39 is 11.7 Å². The minimum absolute atomic E-state index is 0.236. The molecule has 0 radical (unpaired) electrons. The van der Waals surface area contributed by atoms with Gasteiger partial charge >= 0.3 is 6.09 Å². The van der Waals surface area contributed by atoms with E-state index in [4.69, 9.17) is 24.8 Å². The van der Waals surface area contributed by atoms with Gasteiger partial charge in [0.1, 0.15) is 11.3 Å². The lowest BCUT2D eigenvalue weighted by Gasteiger charge is -2.23. The molecular formula is C14H26N4O5. The Bertz CT molecular complexity index is 498. The Hall–Kier alpha value is -2.00. The summed E-state index contributed by atoms with van der Waals surface area (Å²) in [6.45, 7) is 6.91. The van der Waals surface area contributed by atoms with Gasteiger partial charge in [-0.25, -0.2) is 4.79 Å². The van der Waals surface area contributed by atoms with Gasteiger partial charge in [-0.1, -0.05) is 0 Å². The van der Waals surface area contributed by atoms with E-state index in [0.29, 0.717) is 31.3 Å². The van der Waals surface area contributed by atoms with E-state index in [1.54, 1.807) is 31.6 Å². The number of methoxy groups -OCH3 is 1. The number of rotatable bonds is 8. The molecule has 0 saturated carbocycles. The van der Waals surface area contributed by atoms with Crippen molar-refractivity contribution in [3.63, 3.8) is 0 Å². The molecule has 1 amide bonds. The van der Waals surface area contributed by atoms with Gasteiger partial charge in [-0.15, -0.1) is 5.10 Å². The summed E-state index contributed by atoms with van der Waals surface area (Å²) in [6, 6.07) is 0. The average Bonchev–Trinajstić information content (AvgIpc) is 2.80. The molecule has 0 unspecified atom stereocenters. The second-order valence-corrected chi connectivity index (χ2v) is 5.78. The Labute approximate surface area is 136 Å². The van der Waals surface area contributed by atoms with E-state index in [-0.39, 0.29) is 6.61 Å². The highest BCUT2D eigenvalue weighted by molar-refractivity contribution is 5.66. The van der Waals surface area contributed by atoms with Crippen LogP contribution in [-0.2, 0) is 20.9 Å². The van der Waals surface area contributed by atoms with Crippen LogP contribution in [0.15, 0.2) is 6.20 Å². The van der Waals surface area contributed by atoms with Crippen molar-refractivity contribution in [3.05, 3.63) is 6.20 Å². The van der Waals surface area contributed by atoms with Crippen molar-refractivity contribution < 1.29 is 23.8 Å². The van der Waals surface area contributed by atoms with Gasteiger partial charge in [0.2, 0.25) is 0 Å². The number of nitrogen functional groups attached to an aromatic ring is 1. The fourth-order valence-electron chi connectivity index (χ4n) is 1.56. The fourth-order valence-corrected chi connectivity index (χ4v) is 1.56. The summed E-state index contributed by atoms with van der Waals surface area (Å²) in [4.78, 5) is 16.8. The van der Waals surface area contributed by atoms with Crippen molar-refractivity contribution in [1.82, 2.24) is 14.8 Å². The fraction of sp³-hybridized carbons (Fsp3) is 0.714. The van der Waals surface area contributed by atoms with Gasteiger partial charge in [0.15, 0.2) is 0 Å². The molecule has 0 spiro atoms. The Balaban J connectivity index is 2.14. The molecule has 9 heteroatoms. The molecule has 2 N–H and O–H groups in total. The van der Waals surface area contributed by atoms with E-state index in [9.17, 15) is 4.79 Å². The Kier molecular flexibility index (Phi) is 7.11. The first-order valence-electron chi connectivity index (χ1n) is 7.27. The van der Waals surface area contributed by atoms with Crippen LogP contribution in [0.1, 0.15) is 20.8 Å². The number of carbonyl (C=O) groups is 1. The molecule has 0 atom stereocenters. The zero-order chi connectivity index (χ0) is 17.5. The largest absolute Gasteiger partial charge is 0.478 e. The summed E-state index contributed by atoms with van der Waals surface area (Å²) >= 11 is 0. The van der Waals surface area contributed by atoms with Crippen molar-refractivity contribution in [3.8, 4) is 5.88 Å². The molecule has 1 rings (SSSR count). The molecule has 0 saturated heterocycles. The van der Waals surface area contributed by atoms with E-state index in [1.165, 1.54) is 14.2 Å². The summed E-state index contributed by atoms with van der Waals surface area (Å²) < 4.78 is 17.2. The molecule has 132 valence electrons. The van der Waals surface area contributed by atoms with Gasteiger partial charge in [0, 0.05) is 7.05 Å². The maximum Gasteiger partial charge on any atom is 0.434 e. The lowest BCUT2D eigenvalue weighted by molar-refractivity contribution is -0.142. The molecule has 1 aromatic rings. The number of hydrogen-bond donors (Lipinski definition) is 1. The topological polar surface area (TPSA) is 101 Å². The summed E-state index contributed by atoms with van der Waals surface area (Å²) in [6.07, 6.45) is 1.13. The van der Waals surface area contributed by atoms with Crippen LogP contribution in [0.5, 0.6) is 5.88 Å². The van der Waals surface area contributed by atoms with Crippen molar-refractivity contribution in [2.24, 2.45) is 0 Å². The monoisotopic (exact) mass is 330 g/mol. The highest BCUT2D eigenvalue weighted by Crippen LogP contribution is 2.16. The van der Waals surface area contributed by atoms with Crippen molar-refractivity contribution in [2.45, 2.75) is 32.9 Å². The normalized spacial score (nSPS) is 11.3. The van der Waals surface area contributed by atoms with Crippen LogP contribution in [0.4, 0.5) is 10.5 Å². The van der Waals surface area contributed by atoms with Gasteiger partial charge in [0.05, 0.1) is 39.7 Å². The van der Waals surface area contributed by atoms with Crippen molar-refractivity contribution >= 4 is 11.8 Å². The second-order valence-electron chi connectivity index (χ2n) is 5.78. The van der Waals surface area contributed by atoms with Gasteiger partial charge < -0.3 is 19.9 Å². The maximum atomic E-state index is 11.6. The van der Waals surface area contributed by atoms with E-state index in [1.807, 2.05) is 0 Å². The third-order valence-corrected chi connectivity index (χ3v) is 2.58. The van der Waals surface area contributed by atoms with Gasteiger partial charge in [-0.2, -0.15) is 5.06 Å². The molecule has 1 heterocycles. The third-order valence-electron chi connectivity index (χ3n) is 2.58. The van der Waals surface area contributed by atoms with E-state index in [2.05, 4.69) is 5.10 Å². The van der Waals surface area contributed by atoms with E-state index >= 15 is 0 Å². The maximum absolute atomic E-state index is 11.6. The molecule has 0 aliphatic heterocycles. The average molecular weight is 330 g/mol. The molecule has 0 aliphatic carbocycles. The Morgan fingerprint density at radius 1 is 1.35 bits per heavy atom. The lowest BCUT2D eigenvalue weighted by Crippen LogP contribution is -2.35. The molecule has 9 nitrogen and oxygen atoms in total. The quantitative estimate of drug-likeness (QED) is 0.566. The summed E-state index contributed by atoms with van der Waals surface area (Å²) in [5.74, 6) is 0.396. The smallest absolute Gasteiger partial charge is 0.434 e. The van der Waals surface area contributed by atoms with Crippen LogP contribution in [0.3, 0.4) is 0 Å². The summed E-state index contributed by atoms with van der Waals surface area (Å²) in [5, 5.41) is 5.17. The number of hydroxylamine groups is 2. The minimum atomic E-state index is -0.558. The zero-order valence-corrected chi connectivity index (χ0v) is 14.4. The van der Waals surface area contributed by atoms with Crippen molar-refractivity contribution in [2.75, 3.05) is 39.7 Å². The van der Waals surface area contributed by atoms with Gasteiger partial charge in [-0.3, -0.25) is 9.52 Å². The predicted molar refractivity (Wildman–Crippen MR) is 84.0 cm³/mol. The number of carbonyl (C=O) groups excluding carboxylic acids is 1. The third kappa shape index (κ3) is 7.20. The van der Waals surface area contributed by atoms with Gasteiger partial charge in [-0.05, 0) is 20.8 Å². The number of nitrogens with zero attached hydrogens (tertiary/aromatic N) is 3. The number of amides is 1. The summed E-state index contributed by atoms with van der Waals surface area (Å²) in [7, 11) is 3.00. The molecule has 1 aromatic heterocycles. The molecule has 0 fully saturated rings. The SMILES string of the molecule is COc1nn(CCOCCON(C)C(=O)OC(C)(C)C)cc1N. The number of anilines is 1. The van der Waals surface area contributed by atoms with Crippen LogP contribution in [0, 0.1) is 0 Å². The van der Waals surface area contributed by atoms with Crippen LogP contribution >= 0.6 is 0 Å². The number of nitrogens with two attached hydrogens (primary N) is 1. The first kappa shape index (κ1) is 19.0. The number of aromatic nitrogens is 2. The van der Waals surface area contributed by atoms with Crippen LogP contribution in [-0.4, -0.2) is 60.5 Å². The molecule has 23 heavy (non-hydrogen) atoms. The highest BCUT2D eigenvalue weighted by Gasteiger charge is 2.19. The van der Waals surface area contributed by atoms with Crippen LogP contribution in [0.2, 0.25) is 0 Å². The van der Waals surface area contributed by atoms with Gasteiger partial charge in [0.25, 0.3) is 5.88 Å². The number of hydrogen-bond acceptors (Lipinski definition) is 7. The van der Waals surface area contributed by atoms with Crippen LogP contribution in [0.25, 0.3) is 0 Å². The van der Waals surface area contributed by atoms with Crippen molar-refractivity contribution in [1.29, 1.82) is 0 Å². The zero-order valence-electron chi connectivity index (χ0n) is 14.4.